The van der Waals surface area contributed by atoms with Crippen molar-refractivity contribution in [2.24, 2.45) is 0 Å². The van der Waals surface area contributed by atoms with Crippen molar-refractivity contribution in [3.63, 3.8) is 0 Å². The summed E-state index contributed by atoms with van der Waals surface area (Å²) in [7, 11) is 1.32. The molecule has 156 valence electrons. The molecule has 0 atom stereocenters. The first-order chi connectivity index (χ1) is 14.4. The summed E-state index contributed by atoms with van der Waals surface area (Å²) >= 11 is 0. The number of rotatable bonds is 6. The van der Waals surface area contributed by atoms with Crippen molar-refractivity contribution in [1.82, 2.24) is 24.3 Å². The van der Waals surface area contributed by atoms with Crippen LogP contribution in [0.15, 0.2) is 36.9 Å². The van der Waals surface area contributed by atoms with Gasteiger partial charge in [-0.3, -0.25) is 9.25 Å². The molecule has 0 fully saturated rings. The van der Waals surface area contributed by atoms with E-state index in [2.05, 4.69) is 19.8 Å². The minimum Gasteiger partial charge on any atom is -0.494 e. The zero-order chi connectivity index (χ0) is 21.4. The molecular weight excluding hydrogens is 396 g/mol. The average Bonchev–Trinajstić information content (AvgIpc) is 3.32. The molecule has 0 radical (unpaired) electrons. The quantitative estimate of drug-likeness (QED) is 0.514. The number of nitrogens with zero attached hydrogens (tertiary/aromatic N) is 5. The van der Waals surface area contributed by atoms with E-state index in [4.69, 9.17) is 4.74 Å². The first-order valence-electron chi connectivity index (χ1n) is 9.15. The molecule has 4 aromatic heterocycles. The van der Waals surface area contributed by atoms with Gasteiger partial charge >= 0.3 is 6.61 Å². The Hall–Kier alpha value is -3.69. The Kier molecular flexibility index (Phi) is 4.98. The molecule has 0 aromatic carbocycles. The zero-order valence-electron chi connectivity index (χ0n) is 16.5. The fourth-order valence-electron chi connectivity index (χ4n) is 3.29. The molecule has 0 aliphatic heterocycles. The third kappa shape index (κ3) is 3.40. The third-order valence-electron chi connectivity index (χ3n) is 4.69. The summed E-state index contributed by atoms with van der Waals surface area (Å²) in [5.74, 6) is -0.183. The van der Waals surface area contributed by atoms with E-state index in [-0.39, 0.29) is 17.5 Å². The molecule has 0 spiro atoms. The summed E-state index contributed by atoms with van der Waals surface area (Å²) in [4.78, 5) is 8.62. The van der Waals surface area contributed by atoms with Crippen LogP contribution >= 0.6 is 0 Å². The molecule has 0 amide bonds. The van der Waals surface area contributed by atoms with Crippen molar-refractivity contribution in [3.8, 4) is 34.5 Å². The summed E-state index contributed by atoms with van der Waals surface area (Å²) < 4.78 is 38.3. The summed E-state index contributed by atoms with van der Waals surface area (Å²) in [6.45, 7) is 1.50. The Morgan fingerprint density at radius 1 is 1.20 bits per heavy atom. The number of aromatic nitrogens is 5. The summed E-state index contributed by atoms with van der Waals surface area (Å²) in [6, 6.07) is 3.14. The van der Waals surface area contributed by atoms with Gasteiger partial charge in [0, 0.05) is 30.7 Å². The Morgan fingerprint density at radius 2 is 2.00 bits per heavy atom. The lowest BCUT2D eigenvalue weighted by Gasteiger charge is -2.11. The second-order valence-electron chi connectivity index (χ2n) is 6.57. The van der Waals surface area contributed by atoms with Crippen LogP contribution in [0.1, 0.15) is 12.5 Å². The van der Waals surface area contributed by atoms with Gasteiger partial charge in [-0.15, -0.1) is 0 Å². The van der Waals surface area contributed by atoms with E-state index >= 15 is 0 Å². The van der Waals surface area contributed by atoms with Gasteiger partial charge < -0.3 is 14.6 Å². The van der Waals surface area contributed by atoms with Gasteiger partial charge in [0.1, 0.15) is 0 Å². The highest BCUT2D eigenvalue weighted by atomic mass is 19.3. The van der Waals surface area contributed by atoms with Crippen LogP contribution in [0.4, 0.5) is 8.78 Å². The maximum absolute atomic E-state index is 12.7. The van der Waals surface area contributed by atoms with Crippen LogP contribution in [0.5, 0.6) is 17.5 Å². The SMILES string of the molecule is CCn1cc(-n2cc3nc(-c4cnc(OC)c(OC(F)F)c4)cc(C)c3c2O)cn1. The van der Waals surface area contributed by atoms with Crippen molar-refractivity contribution >= 4 is 10.9 Å². The largest absolute Gasteiger partial charge is 0.494 e. The van der Waals surface area contributed by atoms with Gasteiger partial charge in [0.2, 0.25) is 5.88 Å². The Labute approximate surface area is 170 Å². The molecule has 4 rings (SSSR count). The lowest BCUT2D eigenvalue weighted by molar-refractivity contribution is -0.0515. The van der Waals surface area contributed by atoms with Crippen LogP contribution in [0.25, 0.3) is 27.8 Å². The van der Waals surface area contributed by atoms with Crippen LogP contribution in [0, 0.1) is 6.92 Å². The van der Waals surface area contributed by atoms with Gasteiger partial charge in [-0.05, 0) is 31.5 Å². The van der Waals surface area contributed by atoms with Crippen LogP contribution < -0.4 is 9.47 Å². The molecule has 8 nitrogen and oxygen atoms in total. The fourth-order valence-corrected chi connectivity index (χ4v) is 3.29. The van der Waals surface area contributed by atoms with Crippen LogP contribution in [-0.4, -0.2) is 43.1 Å². The van der Waals surface area contributed by atoms with E-state index in [9.17, 15) is 13.9 Å². The summed E-state index contributed by atoms with van der Waals surface area (Å²) in [5.41, 5.74) is 2.98. The Morgan fingerprint density at radius 3 is 2.67 bits per heavy atom. The second kappa shape index (κ2) is 7.62. The summed E-state index contributed by atoms with van der Waals surface area (Å²) in [5, 5.41) is 15.6. The molecular formula is C20H19F2N5O3. The van der Waals surface area contributed by atoms with Crippen molar-refractivity contribution < 1.29 is 23.4 Å². The number of hydrogen-bond acceptors (Lipinski definition) is 6. The van der Waals surface area contributed by atoms with E-state index in [1.807, 2.05) is 20.0 Å². The molecule has 0 bridgehead atoms. The number of alkyl halides is 2. The molecule has 4 aromatic rings. The van der Waals surface area contributed by atoms with Gasteiger partial charge in [0.15, 0.2) is 5.75 Å². The molecule has 0 saturated carbocycles. The molecule has 30 heavy (non-hydrogen) atoms. The van der Waals surface area contributed by atoms with Crippen molar-refractivity contribution in [2.45, 2.75) is 27.0 Å². The number of pyridine rings is 2. The lowest BCUT2D eigenvalue weighted by Crippen LogP contribution is -2.04. The number of aryl methyl sites for hydroxylation is 2. The van der Waals surface area contributed by atoms with Gasteiger partial charge in [-0.1, -0.05) is 0 Å². The second-order valence-corrected chi connectivity index (χ2v) is 6.57. The van der Waals surface area contributed by atoms with E-state index in [1.165, 1.54) is 19.4 Å². The van der Waals surface area contributed by atoms with E-state index in [0.717, 1.165) is 5.56 Å². The predicted molar refractivity (Wildman–Crippen MR) is 105 cm³/mol. The highest BCUT2D eigenvalue weighted by molar-refractivity contribution is 5.90. The van der Waals surface area contributed by atoms with E-state index in [0.29, 0.717) is 34.4 Å². The van der Waals surface area contributed by atoms with Gasteiger partial charge in [0.25, 0.3) is 5.88 Å². The molecule has 0 unspecified atom stereocenters. The number of hydrogen-bond donors (Lipinski definition) is 1. The van der Waals surface area contributed by atoms with Crippen molar-refractivity contribution in [2.75, 3.05) is 7.11 Å². The molecule has 0 aliphatic rings. The Balaban J connectivity index is 1.82. The van der Waals surface area contributed by atoms with Crippen LogP contribution in [0.2, 0.25) is 0 Å². The standard InChI is InChI=1S/C20H19F2N5O3/c1-4-26-9-13(8-24-26)27-10-15-17(19(27)28)11(2)5-14(25-15)12-6-16(30-20(21)22)18(29-3)23-7-12/h5-10,20,28H,4H2,1-3H3. The first-order valence-corrected chi connectivity index (χ1v) is 9.15. The van der Waals surface area contributed by atoms with Crippen molar-refractivity contribution in [3.05, 3.63) is 42.5 Å². The maximum Gasteiger partial charge on any atom is 0.387 e. The topological polar surface area (TPSA) is 87.2 Å². The predicted octanol–water partition coefficient (Wildman–Crippen LogP) is 3.93. The molecule has 10 heteroatoms. The molecule has 1 N–H and O–H groups in total. The average molecular weight is 415 g/mol. The van der Waals surface area contributed by atoms with Crippen LogP contribution in [0.3, 0.4) is 0 Å². The van der Waals surface area contributed by atoms with E-state index in [1.54, 1.807) is 27.7 Å². The normalized spacial score (nSPS) is 11.4. The highest BCUT2D eigenvalue weighted by Crippen LogP contribution is 2.36. The minimum absolute atomic E-state index is 0.0476. The molecule has 0 aliphatic carbocycles. The zero-order valence-corrected chi connectivity index (χ0v) is 16.5. The Bertz CT molecular complexity index is 1220. The maximum atomic E-state index is 12.7. The van der Waals surface area contributed by atoms with E-state index < -0.39 is 6.61 Å². The van der Waals surface area contributed by atoms with Gasteiger partial charge in [-0.2, -0.15) is 13.9 Å². The molecule has 4 heterocycles. The highest BCUT2D eigenvalue weighted by Gasteiger charge is 2.18. The lowest BCUT2D eigenvalue weighted by atomic mass is 10.1. The number of halogens is 2. The number of ether oxygens (including phenoxy) is 2. The van der Waals surface area contributed by atoms with Gasteiger partial charge in [-0.25, -0.2) is 9.97 Å². The summed E-state index contributed by atoms with van der Waals surface area (Å²) in [6.07, 6.45) is 6.63. The first kappa shape index (κ1) is 19.6. The monoisotopic (exact) mass is 415 g/mol. The number of aromatic hydroxyl groups is 1. The smallest absolute Gasteiger partial charge is 0.387 e. The van der Waals surface area contributed by atoms with Crippen molar-refractivity contribution in [1.29, 1.82) is 0 Å². The molecule has 0 saturated heterocycles. The third-order valence-corrected chi connectivity index (χ3v) is 4.69. The number of methoxy groups -OCH3 is 1. The fraction of sp³-hybridized carbons (Fsp3) is 0.250. The van der Waals surface area contributed by atoms with Crippen LogP contribution in [-0.2, 0) is 6.54 Å². The van der Waals surface area contributed by atoms with Gasteiger partial charge in [0.05, 0.1) is 35.6 Å². The number of fused-ring (bicyclic) bond motifs is 1. The minimum atomic E-state index is -3.01.